The van der Waals surface area contributed by atoms with Crippen molar-refractivity contribution in [3.8, 4) is 0 Å². The van der Waals surface area contributed by atoms with Crippen LogP contribution in [-0.2, 0) is 29.0 Å². The molecule has 5 fully saturated rings. The summed E-state index contributed by atoms with van der Waals surface area (Å²) in [6.45, 7) is 8.73. The summed E-state index contributed by atoms with van der Waals surface area (Å²) in [5.41, 5.74) is -1.90. The third-order valence-corrected chi connectivity index (χ3v) is 14.4. The number of likely N-dealkylation sites (tertiary alicyclic amines) is 1. The summed E-state index contributed by atoms with van der Waals surface area (Å²) in [5.74, 6) is -2.34. The Morgan fingerprint density at radius 1 is 0.959 bits per heavy atom. The monoisotopic (exact) mass is 709 g/mol. The van der Waals surface area contributed by atoms with Crippen LogP contribution in [0.5, 0.6) is 0 Å². The number of carbonyl (C=O) groups is 5. The number of sulfone groups is 1. The van der Waals surface area contributed by atoms with Gasteiger partial charge in [0.2, 0.25) is 17.6 Å². The molecule has 49 heavy (non-hydrogen) atoms. The second-order valence-electron chi connectivity index (χ2n) is 16.9. The van der Waals surface area contributed by atoms with Gasteiger partial charge in [-0.05, 0) is 67.1 Å². The number of fused-ring (bicyclic) bond motifs is 1. The lowest BCUT2D eigenvalue weighted by atomic mass is 9.78. The Balaban J connectivity index is 1.34. The molecule has 0 spiro atoms. The van der Waals surface area contributed by atoms with Crippen molar-refractivity contribution < 1.29 is 36.8 Å². The van der Waals surface area contributed by atoms with Gasteiger partial charge < -0.3 is 26.2 Å². The molecule has 0 aromatic rings. The van der Waals surface area contributed by atoms with E-state index < -0.39 is 80.4 Å². The first-order valence-corrected chi connectivity index (χ1v) is 19.9. The van der Waals surface area contributed by atoms with Gasteiger partial charge in [-0.2, -0.15) is 0 Å². The molecule has 5 amide bonds. The number of alkyl halides is 1. The van der Waals surface area contributed by atoms with Crippen LogP contribution in [0.3, 0.4) is 0 Å². The van der Waals surface area contributed by atoms with E-state index in [0.29, 0.717) is 44.6 Å². The second-order valence-corrected chi connectivity index (χ2v) is 19.2. The fraction of sp³-hybridized carbons (Fsp3) is 0.857. The summed E-state index contributed by atoms with van der Waals surface area (Å²) in [4.78, 5) is 69.5. The van der Waals surface area contributed by atoms with Crippen LogP contribution >= 0.6 is 0 Å². The summed E-state index contributed by atoms with van der Waals surface area (Å²) in [7, 11) is -3.37. The zero-order chi connectivity index (χ0) is 35.9. The summed E-state index contributed by atoms with van der Waals surface area (Å²) >= 11 is 0. The quantitative estimate of drug-likeness (QED) is 0.213. The van der Waals surface area contributed by atoms with Crippen LogP contribution in [0.2, 0.25) is 0 Å². The molecule has 5 aliphatic rings. The van der Waals surface area contributed by atoms with E-state index in [-0.39, 0.29) is 36.0 Å². The maximum absolute atomic E-state index is 14.5. The average molecular weight is 710 g/mol. The van der Waals surface area contributed by atoms with E-state index >= 15 is 0 Å². The zero-order valence-corrected chi connectivity index (χ0v) is 30.6. The number of nitrogens with one attached hydrogen (secondary N) is 4. The number of rotatable bonds is 13. The minimum Gasteiger partial charge on any atom is -0.347 e. The number of hydrogen-bond acceptors (Lipinski definition) is 7. The van der Waals surface area contributed by atoms with Crippen LogP contribution in [0.15, 0.2) is 0 Å². The molecule has 14 heteroatoms. The summed E-state index contributed by atoms with van der Waals surface area (Å²) in [5, 5.41) is 10.4. The van der Waals surface area contributed by atoms with Crippen LogP contribution in [0.1, 0.15) is 105 Å². The first-order chi connectivity index (χ1) is 22.9. The molecule has 2 aliphatic heterocycles. The van der Waals surface area contributed by atoms with E-state index in [0.717, 1.165) is 32.1 Å². The van der Waals surface area contributed by atoms with E-state index in [1.165, 1.54) is 4.90 Å². The smallest absolute Gasteiger partial charge is 0.315 e. The number of urea groups is 1. The van der Waals surface area contributed by atoms with Crippen LogP contribution in [0.25, 0.3) is 0 Å². The Morgan fingerprint density at radius 3 is 2.20 bits per heavy atom. The highest BCUT2D eigenvalue weighted by Gasteiger charge is 2.70. The third-order valence-electron chi connectivity index (χ3n) is 12.0. The molecular weight excluding hydrogens is 653 g/mol. The maximum atomic E-state index is 14.5. The average Bonchev–Trinajstić information content (AvgIpc) is 3.83. The van der Waals surface area contributed by atoms with E-state index in [1.54, 1.807) is 0 Å². The van der Waals surface area contributed by atoms with E-state index in [1.807, 2.05) is 34.6 Å². The van der Waals surface area contributed by atoms with Crippen molar-refractivity contribution in [1.29, 1.82) is 0 Å². The number of Topliss-reactive ketones (excluding diaryl/α,β-unsaturated/α-hetero) is 1. The van der Waals surface area contributed by atoms with Gasteiger partial charge in [-0.15, -0.1) is 0 Å². The second kappa shape index (κ2) is 14.1. The van der Waals surface area contributed by atoms with Gasteiger partial charge in [-0.1, -0.05) is 66.7 Å². The predicted molar refractivity (Wildman–Crippen MR) is 182 cm³/mol. The maximum Gasteiger partial charge on any atom is 0.315 e. The largest absolute Gasteiger partial charge is 0.347 e. The van der Waals surface area contributed by atoms with Gasteiger partial charge in [0.25, 0.3) is 5.91 Å². The van der Waals surface area contributed by atoms with Crippen molar-refractivity contribution in [3.05, 3.63) is 0 Å². The minimum atomic E-state index is -3.37. The van der Waals surface area contributed by atoms with Gasteiger partial charge in [-0.3, -0.25) is 19.2 Å². The van der Waals surface area contributed by atoms with Crippen molar-refractivity contribution in [3.63, 3.8) is 0 Å². The molecule has 2 saturated heterocycles. The van der Waals surface area contributed by atoms with Crippen LogP contribution in [0, 0.1) is 28.6 Å². The van der Waals surface area contributed by atoms with E-state index in [9.17, 15) is 36.8 Å². The fourth-order valence-corrected chi connectivity index (χ4v) is 11.2. The molecule has 5 rings (SSSR count). The number of amides is 5. The fourth-order valence-electron chi connectivity index (χ4n) is 8.88. The zero-order valence-electron chi connectivity index (χ0n) is 29.7. The molecule has 0 aromatic carbocycles. The Kier molecular flexibility index (Phi) is 10.8. The Labute approximate surface area is 290 Å². The molecule has 0 radical (unpaired) electrons. The highest BCUT2D eigenvalue weighted by atomic mass is 32.2. The Bertz CT molecular complexity index is 1420. The lowest BCUT2D eigenvalue weighted by Gasteiger charge is -2.43. The van der Waals surface area contributed by atoms with Gasteiger partial charge in [0.05, 0.1) is 22.6 Å². The summed E-state index contributed by atoms with van der Waals surface area (Å²) < 4.78 is 38.8. The van der Waals surface area contributed by atoms with Crippen LogP contribution < -0.4 is 21.3 Å². The van der Waals surface area contributed by atoms with Crippen molar-refractivity contribution in [1.82, 2.24) is 26.2 Å². The predicted octanol–water partition coefficient (Wildman–Crippen LogP) is 2.79. The molecule has 0 unspecified atom stereocenters. The SMILES string of the molecule is CC(C)(C)[C@H](NC(=O)NC1([C@H]2CCCS2(=O)=O)CCCCC1)C(=O)N1C[C@H]2[C@@H]([C@H]1C(=O)N[C@@H](CCC1CC1)C(=O)C(=O)NCCF)C2(C)C. The number of carbonyl (C=O) groups excluding carboxylic acids is 5. The molecule has 2 heterocycles. The van der Waals surface area contributed by atoms with Crippen molar-refractivity contribution in [2.75, 3.05) is 25.5 Å². The number of nitrogens with zero attached hydrogens (tertiary/aromatic N) is 1. The van der Waals surface area contributed by atoms with E-state index in [2.05, 4.69) is 21.3 Å². The van der Waals surface area contributed by atoms with Gasteiger partial charge in [-0.25, -0.2) is 17.6 Å². The lowest BCUT2D eigenvalue weighted by Crippen LogP contribution is -2.65. The van der Waals surface area contributed by atoms with Crippen molar-refractivity contribution in [2.45, 2.75) is 134 Å². The molecule has 6 atom stereocenters. The summed E-state index contributed by atoms with van der Waals surface area (Å²) in [6.07, 6.45) is 7.72. The molecule has 0 aromatic heterocycles. The van der Waals surface area contributed by atoms with Crippen molar-refractivity contribution >= 4 is 39.4 Å². The highest BCUT2D eigenvalue weighted by Crippen LogP contribution is 2.65. The molecule has 3 saturated carbocycles. The van der Waals surface area contributed by atoms with Gasteiger partial charge >= 0.3 is 6.03 Å². The molecule has 3 aliphatic carbocycles. The van der Waals surface area contributed by atoms with Gasteiger partial charge in [0.1, 0.15) is 18.8 Å². The van der Waals surface area contributed by atoms with Gasteiger partial charge in [0.15, 0.2) is 9.84 Å². The molecule has 0 bridgehead atoms. The Hall–Kier alpha value is -2.77. The normalized spacial score (nSPS) is 29.2. The number of piperidine rings is 1. The van der Waals surface area contributed by atoms with Crippen LogP contribution in [0.4, 0.5) is 9.18 Å². The first kappa shape index (κ1) is 37.5. The van der Waals surface area contributed by atoms with Crippen molar-refractivity contribution in [2.24, 2.45) is 28.6 Å². The molecule has 12 nitrogen and oxygen atoms in total. The minimum absolute atomic E-state index is 0.0354. The first-order valence-electron chi connectivity index (χ1n) is 18.2. The Morgan fingerprint density at radius 2 is 1.63 bits per heavy atom. The molecular formula is C35H56FN5O7S. The van der Waals surface area contributed by atoms with Crippen LogP contribution in [-0.4, -0.2) is 97.3 Å². The molecule has 276 valence electrons. The third kappa shape index (κ3) is 7.93. The number of hydrogen-bond donors (Lipinski definition) is 4. The topological polar surface area (TPSA) is 171 Å². The lowest BCUT2D eigenvalue weighted by molar-refractivity contribution is -0.145. The number of halogens is 1. The van der Waals surface area contributed by atoms with E-state index in [4.69, 9.17) is 0 Å². The standard InChI is InChI=1S/C35H56FN5O7S/c1-33(2,3)28(39-32(46)40-35(15-7-6-8-16-35)24-10-9-19-49(24,47)48)31(45)41-20-22-25(34(22,4)5)26(41)29(43)38-23(14-13-21-11-12-21)27(42)30(44)37-18-17-36/h21-26,28H,6-20H2,1-5H3,(H,37,44)(H,38,43)(H2,39,40,46)/t22-,23-,24+,25-,26-,28+/m0/s1. The summed E-state index contributed by atoms with van der Waals surface area (Å²) in [6, 6.07) is -3.66. The van der Waals surface area contributed by atoms with Gasteiger partial charge in [0, 0.05) is 13.1 Å². The number of ketones is 1. The molecule has 4 N–H and O–H groups in total. The highest BCUT2D eigenvalue weighted by molar-refractivity contribution is 7.92.